The molecule has 0 unspecified atom stereocenters. The molecule has 2 rings (SSSR count). The first kappa shape index (κ1) is 12.9. The second-order valence-electron chi connectivity index (χ2n) is 3.49. The van der Waals surface area contributed by atoms with Gasteiger partial charge in [-0.15, -0.1) is 0 Å². The van der Waals surface area contributed by atoms with Gasteiger partial charge >= 0.3 is 0 Å². The quantitative estimate of drug-likeness (QED) is 0.761. The minimum atomic E-state index is -0.534. The van der Waals surface area contributed by atoms with E-state index >= 15 is 0 Å². The first-order valence-electron chi connectivity index (χ1n) is 4.98. The number of ether oxygens (including phenoxy) is 1. The van der Waals surface area contributed by atoms with Crippen LogP contribution >= 0.6 is 23.2 Å². The summed E-state index contributed by atoms with van der Waals surface area (Å²) in [6, 6.07) is 8.60. The molecule has 5 heteroatoms. The molecular weight excluding hydrogens is 278 g/mol. The van der Waals surface area contributed by atoms with Crippen molar-refractivity contribution >= 4 is 29.5 Å². The maximum atomic E-state index is 13.0. The van der Waals surface area contributed by atoms with E-state index in [-0.39, 0.29) is 15.8 Å². The Labute approximate surface area is 113 Å². The standard InChI is InChI=1S/C13H7Cl2FO2/c14-11-5-9(16)6-12(15)13(11)18-10-3-1-8(7-17)2-4-10/h1-7H. The number of aldehydes is 1. The highest BCUT2D eigenvalue weighted by atomic mass is 35.5. The van der Waals surface area contributed by atoms with Crippen molar-refractivity contribution in [2.45, 2.75) is 0 Å². The van der Waals surface area contributed by atoms with Crippen LogP contribution in [0.15, 0.2) is 36.4 Å². The van der Waals surface area contributed by atoms with E-state index in [1.54, 1.807) is 24.3 Å². The lowest BCUT2D eigenvalue weighted by Crippen LogP contribution is -1.89. The van der Waals surface area contributed by atoms with Crippen molar-refractivity contribution in [1.29, 1.82) is 0 Å². The Morgan fingerprint density at radius 1 is 1.06 bits per heavy atom. The normalized spacial score (nSPS) is 10.2. The molecule has 2 nitrogen and oxygen atoms in total. The maximum Gasteiger partial charge on any atom is 0.164 e. The Morgan fingerprint density at radius 2 is 1.61 bits per heavy atom. The van der Waals surface area contributed by atoms with E-state index in [1.165, 1.54) is 0 Å². The van der Waals surface area contributed by atoms with Gasteiger partial charge in [0.1, 0.15) is 17.9 Å². The molecule has 0 fully saturated rings. The van der Waals surface area contributed by atoms with Crippen LogP contribution in [-0.4, -0.2) is 6.29 Å². The highest BCUT2D eigenvalue weighted by molar-refractivity contribution is 6.37. The Morgan fingerprint density at radius 3 is 2.11 bits per heavy atom. The Hall–Kier alpha value is -1.58. The molecular formula is C13H7Cl2FO2. The molecule has 0 radical (unpaired) electrons. The van der Waals surface area contributed by atoms with Crippen molar-refractivity contribution in [3.05, 3.63) is 57.8 Å². The van der Waals surface area contributed by atoms with Gasteiger partial charge in [-0.05, 0) is 36.4 Å². The maximum absolute atomic E-state index is 13.0. The fourth-order valence-corrected chi connectivity index (χ4v) is 1.90. The highest BCUT2D eigenvalue weighted by Gasteiger charge is 2.10. The lowest BCUT2D eigenvalue weighted by Gasteiger charge is -2.09. The van der Waals surface area contributed by atoms with Gasteiger partial charge in [0, 0.05) is 5.56 Å². The Kier molecular flexibility index (Phi) is 3.84. The van der Waals surface area contributed by atoms with Gasteiger partial charge < -0.3 is 4.74 Å². The van der Waals surface area contributed by atoms with Crippen LogP contribution < -0.4 is 4.74 Å². The predicted octanol–water partition coefficient (Wildman–Crippen LogP) is 4.74. The van der Waals surface area contributed by atoms with Gasteiger partial charge in [-0.1, -0.05) is 23.2 Å². The van der Waals surface area contributed by atoms with Crippen molar-refractivity contribution in [2.24, 2.45) is 0 Å². The fraction of sp³-hybridized carbons (Fsp3) is 0. The summed E-state index contributed by atoms with van der Waals surface area (Å²) >= 11 is 11.7. The zero-order chi connectivity index (χ0) is 13.1. The molecule has 0 N–H and O–H groups in total. The first-order chi connectivity index (χ1) is 8.60. The zero-order valence-electron chi connectivity index (χ0n) is 8.99. The van der Waals surface area contributed by atoms with Crippen LogP contribution in [0.4, 0.5) is 4.39 Å². The van der Waals surface area contributed by atoms with E-state index in [4.69, 9.17) is 27.9 Å². The number of carbonyl (C=O) groups is 1. The lowest BCUT2D eigenvalue weighted by atomic mass is 10.2. The molecule has 0 bridgehead atoms. The van der Waals surface area contributed by atoms with Crippen molar-refractivity contribution in [2.75, 3.05) is 0 Å². The summed E-state index contributed by atoms with van der Waals surface area (Å²) in [5, 5.41) is 0.166. The topological polar surface area (TPSA) is 26.3 Å². The largest absolute Gasteiger partial charge is 0.454 e. The summed E-state index contributed by atoms with van der Waals surface area (Å²) in [5.74, 6) is 0.100. The number of benzene rings is 2. The van der Waals surface area contributed by atoms with Gasteiger partial charge in [0.15, 0.2) is 5.75 Å². The van der Waals surface area contributed by atoms with Crippen molar-refractivity contribution in [3.8, 4) is 11.5 Å². The molecule has 92 valence electrons. The molecule has 0 saturated carbocycles. The molecule has 2 aromatic carbocycles. The summed E-state index contributed by atoms with van der Waals surface area (Å²) < 4.78 is 18.4. The number of halogens is 3. The third-order valence-corrected chi connectivity index (χ3v) is 2.76. The SMILES string of the molecule is O=Cc1ccc(Oc2c(Cl)cc(F)cc2Cl)cc1. The van der Waals surface area contributed by atoms with Crippen LogP contribution in [0.2, 0.25) is 10.0 Å². The highest BCUT2D eigenvalue weighted by Crippen LogP contribution is 2.36. The van der Waals surface area contributed by atoms with Gasteiger partial charge in [-0.25, -0.2) is 4.39 Å². The molecule has 18 heavy (non-hydrogen) atoms. The smallest absolute Gasteiger partial charge is 0.164 e. The summed E-state index contributed by atoms with van der Waals surface area (Å²) in [5.41, 5.74) is 0.527. The van der Waals surface area contributed by atoms with Gasteiger partial charge in [-0.2, -0.15) is 0 Å². The van der Waals surface area contributed by atoms with E-state index in [9.17, 15) is 9.18 Å². The number of carbonyl (C=O) groups excluding carboxylic acids is 1. The number of hydrogen-bond donors (Lipinski definition) is 0. The first-order valence-corrected chi connectivity index (χ1v) is 5.73. The minimum absolute atomic E-state index is 0.0828. The van der Waals surface area contributed by atoms with E-state index in [0.29, 0.717) is 11.3 Å². The monoisotopic (exact) mass is 284 g/mol. The predicted molar refractivity (Wildman–Crippen MR) is 68.3 cm³/mol. The molecule has 0 aliphatic heterocycles. The van der Waals surface area contributed by atoms with Crippen molar-refractivity contribution in [1.82, 2.24) is 0 Å². The Balaban J connectivity index is 2.30. The number of hydrogen-bond acceptors (Lipinski definition) is 2. The van der Waals surface area contributed by atoms with E-state index < -0.39 is 5.82 Å². The van der Waals surface area contributed by atoms with Crippen molar-refractivity contribution in [3.63, 3.8) is 0 Å². The van der Waals surface area contributed by atoms with Crippen LogP contribution in [0.5, 0.6) is 11.5 Å². The van der Waals surface area contributed by atoms with E-state index in [1.807, 2.05) is 0 Å². The van der Waals surface area contributed by atoms with Crippen LogP contribution in [-0.2, 0) is 0 Å². The second kappa shape index (κ2) is 5.38. The molecule has 0 heterocycles. The Bertz CT molecular complexity index is 559. The molecule has 2 aromatic rings. The van der Waals surface area contributed by atoms with Crippen LogP contribution in [0.1, 0.15) is 10.4 Å². The third-order valence-electron chi connectivity index (χ3n) is 2.20. The summed E-state index contributed by atoms with van der Waals surface area (Å²) in [7, 11) is 0. The molecule has 0 aliphatic rings. The second-order valence-corrected chi connectivity index (χ2v) is 4.30. The van der Waals surface area contributed by atoms with Crippen LogP contribution in [0, 0.1) is 5.82 Å². The summed E-state index contributed by atoms with van der Waals surface area (Å²) in [4.78, 5) is 10.5. The molecule has 0 aliphatic carbocycles. The van der Waals surface area contributed by atoms with Crippen LogP contribution in [0.25, 0.3) is 0 Å². The third kappa shape index (κ3) is 2.81. The molecule has 0 saturated heterocycles. The van der Waals surface area contributed by atoms with Gasteiger partial charge in [0.25, 0.3) is 0 Å². The molecule has 0 spiro atoms. The van der Waals surface area contributed by atoms with Gasteiger partial charge in [0.2, 0.25) is 0 Å². The fourth-order valence-electron chi connectivity index (χ4n) is 1.36. The summed E-state index contributed by atoms with van der Waals surface area (Å²) in [6.45, 7) is 0. The average Bonchev–Trinajstić information content (AvgIpc) is 2.34. The molecule has 0 atom stereocenters. The summed E-state index contributed by atoms with van der Waals surface area (Å²) in [6.07, 6.45) is 0.724. The number of rotatable bonds is 3. The average molecular weight is 285 g/mol. The molecule has 0 amide bonds. The lowest BCUT2D eigenvalue weighted by molar-refractivity contribution is 0.112. The van der Waals surface area contributed by atoms with Crippen LogP contribution in [0.3, 0.4) is 0 Å². The van der Waals surface area contributed by atoms with E-state index in [0.717, 1.165) is 18.4 Å². The van der Waals surface area contributed by atoms with Gasteiger partial charge in [-0.3, -0.25) is 4.79 Å². The van der Waals surface area contributed by atoms with Gasteiger partial charge in [0.05, 0.1) is 10.0 Å². The zero-order valence-corrected chi connectivity index (χ0v) is 10.5. The minimum Gasteiger partial charge on any atom is -0.454 e. The molecule has 0 aromatic heterocycles. The van der Waals surface area contributed by atoms with Crippen molar-refractivity contribution < 1.29 is 13.9 Å². The van der Waals surface area contributed by atoms with E-state index in [2.05, 4.69) is 0 Å².